The third-order valence-electron chi connectivity index (χ3n) is 2.81. The van der Waals surface area contributed by atoms with Crippen LogP contribution >= 0.6 is 0 Å². The molecule has 1 saturated heterocycles. The van der Waals surface area contributed by atoms with E-state index in [1.165, 1.54) is 12.8 Å². The SMILES string of the molecule is CC1CCN(CCNCC(F)(F)F)CC1. The minimum Gasteiger partial charge on any atom is -0.307 e. The Morgan fingerprint density at radius 3 is 2.40 bits per heavy atom. The third kappa shape index (κ3) is 5.99. The van der Waals surface area contributed by atoms with Gasteiger partial charge in [-0.2, -0.15) is 13.2 Å². The van der Waals surface area contributed by atoms with E-state index in [0.29, 0.717) is 6.54 Å². The molecule has 15 heavy (non-hydrogen) atoms. The van der Waals surface area contributed by atoms with Gasteiger partial charge in [-0.05, 0) is 31.8 Å². The van der Waals surface area contributed by atoms with Crippen LogP contribution in [-0.4, -0.2) is 43.8 Å². The van der Waals surface area contributed by atoms with Crippen molar-refractivity contribution in [1.29, 1.82) is 0 Å². The molecule has 0 atom stereocenters. The van der Waals surface area contributed by atoms with Gasteiger partial charge in [0.15, 0.2) is 0 Å². The van der Waals surface area contributed by atoms with Gasteiger partial charge in [0.25, 0.3) is 0 Å². The Balaban J connectivity index is 2.01. The van der Waals surface area contributed by atoms with Gasteiger partial charge >= 0.3 is 6.18 Å². The molecule has 0 radical (unpaired) electrons. The molecular weight excluding hydrogens is 205 g/mol. The minimum absolute atomic E-state index is 0.424. The average Bonchev–Trinajstić information content (AvgIpc) is 2.14. The Morgan fingerprint density at radius 2 is 1.87 bits per heavy atom. The van der Waals surface area contributed by atoms with Crippen LogP contribution < -0.4 is 5.32 Å². The van der Waals surface area contributed by atoms with Crippen molar-refractivity contribution in [1.82, 2.24) is 10.2 Å². The second-order valence-electron chi connectivity index (χ2n) is 4.32. The molecule has 0 spiro atoms. The van der Waals surface area contributed by atoms with Crippen LogP contribution in [0.25, 0.3) is 0 Å². The number of nitrogens with zero attached hydrogens (tertiary/aromatic N) is 1. The largest absolute Gasteiger partial charge is 0.401 e. The summed E-state index contributed by atoms with van der Waals surface area (Å²) in [6.45, 7) is 4.54. The summed E-state index contributed by atoms with van der Waals surface area (Å²) in [7, 11) is 0. The molecule has 5 heteroatoms. The predicted molar refractivity (Wildman–Crippen MR) is 53.8 cm³/mol. The smallest absolute Gasteiger partial charge is 0.307 e. The van der Waals surface area contributed by atoms with Gasteiger partial charge in [0.05, 0.1) is 6.54 Å². The Labute approximate surface area is 88.8 Å². The highest BCUT2D eigenvalue weighted by atomic mass is 19.4. The molecule has 0 bridgehead atoms. The molecule has 1 aliphatic heterocycles. The lowest BCUT2D eigenvalue weighted by Crippen LogP contribution is -2.39. The number of alkyl halides is 3. The van der Waals surface area contributed by atoms with Crippen molar-refractivity contribution in [3.8, 4) is 0 Å². The van der Waals surface area contributed by atoms with Crippen LogP contribution in [0.2, 0.25) is 0 Å². The molecule has 1 rings (SSSR count). The summed E-state index contributed by atoms with van der Waals surface area (Å²) in [4.78, 5) is 2.23. The summed E-state index contributed by atoms with van der Waals surface area (Å²) < 4.78 is 35.4. The van der Waals surface area contributed by atoms with E-state index in [1.807, 2.05) is 0 Å². The van der Waals surface area contributed by atoms with Crippen LogP contribution in [0.5, 0.6) is 0 Å². The lowest BCUT2D eigenvalue weighted by Gasteiger charge is -2.30. The van der Waals surface area contributed by atoms with Gasteiger partial charge in [0.1, 0.15) is 0 Å². The van der Waals surface area contributed by atoms with E-state index < -0.39 is 12.7 Å². The predicted octanol–water partition coefficient (Wildman–Crippen LogP) is 1.87. The van der Waals surface area contributed by atoms with Gasteiger partial charge in [-0.3, -0.25) is 0 Å². The maximum atomic E-state index is 11.8. The van der Waals surface area contributed by atoms with Crippen LogP contribution in [0, 0.1) is 5.92 Å². The molecule has 0 saturated carbocycles. The van der Waals surface area contributed by atoms with E-state index in [1.54, 1.807) is 0 Å². The normalized spacial score (nSPS) is 20.8. The highest BCUT2D eigenvalue weighted by Gasteiger charge is 2.26. The monoisotopic (exact) mass is 224 g/mol. The van der Waals surface area contributed by atoms with Gasteiger partial charge in [0, 0.05) is 13.1 Å². The molecule has 0 aromatic heterocycles. The lowest BCUT2D eigenvalue weighted by atomic mass is 9.99. The van der Waals surface area contributed by atoms with Crippen molar-refractivity contribution in [2.75, 3.05) is 32.7 Å². The minimum atomic E-state index is -4.09. The van der Waals surface area contributed by atoms with Crippen LogP contribution in [-0.2, 0) is 0 Å². The molecule has 2 nitrogen and oxygen atoms in total. The molecular formula is C10H19F3N2. The molecule has 0 aromatic carbocycles. The number of hydrogen-bond donors (Lipinski definition) is 1. The number of halogens is 3. The van der Waals surface area contributed by atoms with Crippen LogP contribution in [0.3, 0.4) is 0 Å². The first-order valence-corrected chi connectivity index (χ1v) is 5.47. The van der Waals surface area contributed by atoms with Crippen LogP contribution in [0.1, 0.15) is 19.8 Å². The van der Waals surface area contributed by atoms with Gasteiger partial charge in [-0.15, -0.1) is 0 Å². The van der Waals surface area contributed by atoms with E-state index in [4.69, 9.17) is 0 Å². The Bertz CT molecular complexity index is 174. The number of nitrogens with one attached hydrogen (secondary N) is 1. The Kier molecular flexibility index (Phi) is 4.86. The maximum Gasteiger partial charge on any atom is 0.401 e. The maximum absolute atomic E-state index is 11.8. The van der Waals surface area contributed by atoms with Crippen molar-refractivity contribution in [3.63, 3.8) is 0 Å². The van der Waals surface area contributed by atoms with Crippen LogP contribution in [0.15, 0.2) is 0 Å². The topological polar surface area (TPSA) is 15.3 Å². The summed E-state index contributed by atoms with van der Waals surface area (Å²) in [5, 5.41) is 2.42. The number of piperidine rings is 1. The Morgan fingerprint density at radius 1 is 1.27 bits per heavy atom. The molecule has 1 aliphatic rings. The fourth-order valence-corrected chi connectivity index (χ4v) is 1.75. The zero-order valence-corrected chi connectivity index (χ0v) is 9.11. The molecule has 90 valence electrons. The summed E-state index contributed by atoms with van der Waals surface area (Å²) in [6.07, 6.45) is -1.76. The molecule has 0 aromatic rings. The fourth-order valence-electron chi connectivity index (χ4n) is 1.75. The van der Waals surface area contributed by atoms with Gasteiger partial charge in [-0.25, -0.2) is 0 Å². The van der Waals surface area contributed by atoms with E-state index in [9.17, 15) is 13.2 Å². The first kappa shape index (κ1) is 12.8. The van der Waals surface area contributed by atoms with Crippen molar-refractivity contribution < 1.29 is 13.2 Å². The second kappa shape index (κ2) is 5.70. The van der Waals surface area contributed by atoms with Crippen LogP contribution in [0.4, 0.5) is 13.2 Å². The van der Waals surface area contributed by atoms with Gasteiger partial charge in [-0.1, -0.05) is 6.92 Å². The van der Waals surface area contributed by atoms with E-state index >= 15 is 0 Å². The number of likely N-dealkylation sites (tertiary alicyclic amines) is 1. The van der Waals surface area contributed by atoms with E-state index in [0.717, 1.165) is 25.6 Å². The standard InChI is InChI=1S/C10H19F3N2/c1-9-2-5-15(6-3-9)7-4-14-8-10(11,12)13/h9,14H,2-8H2,1H3. The van der Waals surface area contributed by atoms with Crippen molar-refractivity contribution in [3.05, 3.63) is 0 Å². The van der Waals surface area contributed by atoms with Crippen molar-refractivity contribution >= 4 is 0 Å². The first-order chi connectivity index (χ1) is 6.97. The van der Waals surface area contributed by atoms with Gasteiger partial charge in [0.2, 0.25) is 0 Å². The molecule has 1 fully saturated rings. The highest BCUT2D eigenvalue weighted by Crippen LogP contribution is 2.15. The summed E-state index contributed by atoms with van der Waals surface area (Å²) >= 11 is 0. The second-order valence-corrected chi connectivity index (χ2v) is 4.32. The number of rotatable bonds is 4. The number of hydrogen-bond acceptors (Lipinski definition) is 2. The zero-order chi connectivity index (χ0) is 11.3. The quantitative estimate of drug-likeness (QED) is 0.733. The fraction of sp³-hybridized carbons (Fsp3) is 1.00. The highest BCUT2D eigenvalue weighted by molar-refractivity contribution is 4.70. The summed E-state index contributed by atoms with van der Waals surface area (Å²) in [5.74, 6) is 0.768. The average molecular weight is 224 g/mol. The Hall–Kier alpha value is -0.290. The van der Waals surface area contributed by atoms with E-state index in [2.05, 4.69) is 17.1 Å². The van der Waals surface area contributed by atoms with Gasteiger partial charge < -0.3 is 10.2 Å². The first-order valence-electron chi connectivity index (χ1n) is 5.47. The zero-order valence-electron chi connectivity index (χ0n) is 9.11. The van der Waals surface area contributed by atoms with Crippen molar-refractivity contribution in [2.24, 2.45) is 5.92 Å². The molecule has 0 amide bonds. The summed E-state index contributed by atoms with van der Waals surface area (Å²) in [5.41, 5.74) is 0. The summed E-state index contributed by atoms with van der Waals surface area (Å²) in [6, 6.07) is 0. The third-order valence-corrected chi connectivity index (χ3v) is 2.81. The molecule has 1 heterocycles. The molecule has 1 N–H and O–H groups in total. The van der Waals surface area contributed by atoms with E-state index in [-0.39, 0.29) is 0 Å². The molecule has 0 aliphatic carbocycles. The van der Waals surface area contributed by atoms with Crippen molar-refractivity contribution in [2.45, 2.75) is 25.9 Å². The lowest BCUT2D eigenvalue weighted by molar-refractivity contribution is -0.124. The molecule has 0 unspecified atom stereocenters.